The van der Waals surface area contributed by atoms with Crippen molar-refractivity contribution in [1.29, 1.82) is 0 Å². The highest BCUT2D eigenvalue weighted by atomic mass is 35.5. The Labute approximate surface area is 123 Å². The van der Waals surface area contributed by atoms with Gasteiger partial charge in [0.15, 0.2) is 0 Å². The van der Waals surface area contributed by atoms with Gasteiger partial charge in [0.25, 0.3) is 5.91 Å². The zero-order valence-corrected chi connectivity index (χ0v) is 12.6. The van der Waals surface area contributed by atoms with Gasteiger partial charge in [-0.2, -0.15) is 5.10 Å². The van der Waals surface area contributed by atoms with E-state index in [2.05, 4.69) is 15.8 Å². The fraction of sp³-hybridized carbons (Fsp3) is 0.385. The third-order valence-corrected chi connectivity index (χ3v) is 2.70. The second-order valence-corrected chi connectivity index (χ2v) is 5.91. The predicted octanol–water partition coefficient (Wildman–Crippen LogP) is 2.83. The van der Waals surface area contributed by atoms with E-state index in [9.17, 15) is 4.79 Å². The second-order valence-electron chi connectivity index (χ2n) is 5.06. The van der Waals surface area contributed by atoms with Gasteiger partial charge in [0.1, 0.15) is 0 Å². The number of hydrogen-bond acceptors (Lipinski definition) is 3. The van der Waals surface area contributed by atoms with Crippen molar-refractivity contribution >= 4 is 35.3 Å². The normalized spacial score (nSPS) is 11.8. The molecule has 2 N–H and O–H groups in total. The zero-order chi connectivity index (χ0) is 14.5. The highest BCUT2D eigenvalue weighted by Gasteiger charge is 2.10. The van der Waals surface area contributed by atoms with Crippen LogP contribution in [0.15, 0.2) is 23.3 Å². The molecule has 0 spiro atoms. The molecular weight excluding hydrogens is 285 g/mol. The maximum atomic E-state index is 11.5. The lowest BCUT2D eigenvalue weighted by atomic mass is 10.1. The monoisotopic (exact) mass is 301 g/mol. The summed E-state index contributed by atoms with van der Waals surface area (Å²) in [7, 11) is 0. The number of amides is 1. The molecule has 0 atom stereocenters. The first-order valence-electron chi connectivity index (χ1n) is 5.80. The standard InChI is InChI=1S/C13H17Cl2N3O/c1-13(2,3)16-8-12(19)18-17-7-9-4-5-10(14)6-11(9)15/h4-7,16H,8H2,1-3H3,(H,18,19)/b17-7-. The summed E-state index contributed by atoms with van der Waals surface area (Å²) < 4.78 is 0. The van der Waals surface area contributed by atoms with Gasteiger partial charge < -0.3 is 5.32 Å². The predicted molar refractivity (Wildman–Crippen MR) is 80.0 cm³/mol. The Morgan fingerprint density at radius 1 is 1.37 bits per heavy atom. The number of nitrogens with one attached hydrogen (secondary N) is 2. The Balaban J connectivity index is 2.47. The molecule has 0 heterocycles. The molecule has 1 amide bonds. The lowest BCUT2D eigenvalue weighted by Crippen LogP contribution is -2.42. The molecule has 1 rings (SSSR count). The van der Waals surface area contributed by atoms with E-state index >= 15 is 0 Å². The molecular formula is C13H17Cl2N3O. The van der Waals surface area contributed by atoms with Crippen molar-refractivity contribution in [2.75, 3.05) is 6.54 Å². The Hall–Kier alpha value is -1.10. The molecule has 0 aliphatic heterocycles. The van der Waals surface area contributed by atoms with Crippen molar-refractivity contribution in [2.45, 2.75) is 26.3 Å². The van der Waals surface area contributed by atoms with Gasteiger partial charge in [0, 0.05) is 16.1 Å². The van der Waals surface area contributed by atoms with E-state index < -0.39 is 0 Å². The molecule has 0 unspecified atom stereocenters. The van der Waals surface area contributed by atoms with Crippen molar-refractivity contribution in [3.63, 3.8) is 0 Å². The highest BCUT2D eigenvalue weighted by molar-refractivity contribution is 6.36. The molecule has 6 heteroatoms. The van der Waals surface area contributed by atoms with Crippen molar-refractivity contribution in [3.05, 3.63) is 33.8 Å². The van der Waals surface area contributed by atoms with Crippen molar-refractivity contribution < 1.29 is 4.79 Å². The first-order valence-corrected chi connectivity index (χ1v) is 6.55. The van der Waals surface area contributed by atoms with Crippen LogP contribution >= 0.6 is 23.2 Å². The Morgan fingerprint density at radius 3 is 2.63 bits per heavy atom. The van der Waals surface area contributed by atoms with E-state index in [0.29, 0.717) is 15.6 Å². The van der Waals surface area contributed by atoms with Crippen LogP contribution in [0.2, 0.25) is 10.0 Å². The van der Waals surface area contributed by atoms with E-state index in [1.165, 1.54) is 6.21 Å². The highest BCUT2D eigenvalue weighted by Crippen LogP contribution is 2.19. The van der Waals surface area contributed by atoms with Crippen LogP contribution in [0.3, 0.4) is 0 Å². The molecule has 0 fully saturated rings. The van der Waals surface area contributed by atoms with Crippen LogP contribution in [-0.4, -0.2) is 24.2 Å². The molecule has 0 bridgehead atoms. The topological polar surface area (TPSA) is 53.5 Å². The maximum Gasteiger partial charge on any atom is 0.254 e. The van der Waals surface area contributed by atoms with Crippen LogP contribution in [0.5, 0.6) is 0 Å². The van der Waals surface area contributed by atoms with Gasteiger partial charge in [0.2, 0.25) is 0 Å². The number of benzene rings is 1. The molecule has 0 saturated heterocycles. The van der Waals surface area contributed by atoms with Crippen molar-refractivity contribution in [3.8, 4) is 0 Å². The van der Waals surface area contributed by atoms with Crippen LogP contribution in [0.4, 0.5) is 0 Å². The van der Waals surface area contributed by atoms with E-state index in [4.69, 9.17) is 23.2 Å². The van der Waals surface area contributed by atoms with Gasteiger partial charge in [-0.1, -0.05) is 29.3 Å². The first kappa shape index (κ1) is 16.0. The molecule has 19 heavy (non-hydrogen) atoms. The minimum Gasteiger partial charge on any atom is -0.304 e. The fourth-order valence-corrected chi connectivity index (χ4v) is 1.62. The number of hydrogen-bond donors (Lipinski definition) is 2. The van der Waals surface area contributed by atoms with Crippen LogP contribution in [0.25, 0.3) is 0 Å². The second kappa shape index (κ2) is 6.89. The average molecular weight is 302 g/mol. The van der Waals surface area contributed by atoms with Gasteiger partial charge in [-0.25, -0.2) is 5.43 Å². The number of hydrazone groups is 1. The van der Waals surface area contributed by atoms with Crippen LogP contribution in [0.1, 0.15) is 26.3 Å². The summed E-state index contributed by atoms with van der Waals surface area (Å²) in [5.41, 5.74) is 3.00. The third kappa shape index (κ3) is 6.57. The van der Waals surface area contributed by atoms with Gasteiger partial charge in [-0.05, 0) is 32.9 Å². The molecule has 104 valence electrons. The quantitative estimate of drug-likeness (QED) is 0.664. The summed E-state index contributed by atoms with van der Waals surface area (Å²) in [6, 6.07) is 5.05. The number of carbonyl (C=O) groups is 1. The van der Waals surface area contributed by atoms with Gasteiger partial charge in [-0.15, -0.1) is 0 Å². The zero-order valence-electron chi connectivity index (χ0n) is 11.1. The van der Waals surface area contributed by atoms with Gasteiger partial charge in [0.05, 0.1) is 17.8 Å². The largest absolute Gasteiger partial charge is 0.304 e. The lowest BCUT2D eigenvalue weighted by Gasteiger charge is -2.19. The van der Waals surface area contributed by atoms with E-state index in [-0.39, 0.29) is 18.0 Å². The minimum atomic E-state index is -0.212. The molecule has 0 aromatic heterocycles. The Kier molecular flexibility index (Phi) is 5.79. The lowest BCUT2D eigenvalue weighted by molar-refractivity contribution is -0.120. The summed E-state index contributed by atoms with van der Waals surface area (Å²) >= 11 is 11.7. The fourth-order valence-electron chi connectivity index (χ4n) is 1.16. The number of rotatable bonds is 4. The summed E-state index contributed by atoms with van der Waals surface area (Å²) in [6.45, 7) is 6.15. The molecule has 0 radical (unpaired) electrons. The van der Waals surface area contributed by atoms with Crippen molar-refractivity contribution in [2.24, 2.45) is 5.10 Å². The van der Waals surface area contributed by atoms with Crippen LogP contribution in [0, 0.1) is 0 Å². The summed E-state index contributed by atoms with van der Waals surface area (Å²) in [5, 5.41) is 7.94. The molecule has 0 saturated carbocycles. The molecule has 0 aliphatic rings. The average Bonchev–Trinajstić information content (AvgIpc) is 2.28. The van der Waals surface area contributed by atoms with E-state index in [1.807, 2.05) is 20.8 Å². The maximum absolute atomic E-state index is 11.5. The smallest absolute Gasteiger partial charge is 0.254 e. The number of carbonyl (C=O) groups excluding carboxylic acids is 1. The number of nitrogens with zero attached hydrogens (tertiary/aromatic N) is 1. The Bertz CT molecular complexity index is 481. The molecule has 1 aromatic rings. The van der Waals surface area contributed by atoms with Crippen LogP contribution in [-0.2, 0) is 4.79 Å². The Morgan fingerprint density at radius 2 is 2.05 bits per heavy atom. The van der Waals surface area contributed by atoms with Gasteiger partial charge >= 0.3 is 0 Å². The molecule has 0 aliphatic carbocycles. The molecule has 4 nitrogen and oxygen atoms in total. The third-order valence-electron chi connectivity index (χ3n) is 2.13. The summed E-state index contributed by atoms with van der Waals surface area (Å²) in [4.78, 5) is 11.5. The van der Waals surface area contributed by atoms with Crippen molar-refractivity contribution in [1.82, 2.24) is 10.7 Å². The summed E-state index contributed by atoms with van der Waals surface area (Å²) in [6.07, 6.45) is 1.48. The van der Waals surface area contributed by atoms with Crippen LogP contribution < -0.4 is 10.7 Å². The van der Waals surface area contributed by atoms with E-state index in [1.54, 1.807) is 18.2 Å². The van der Waals surface area contributed by atoms with Gasteiger partial charge in [-0.3, -0.25) is 4.79 Å². The molecule has 1 aromatic carbocycles. The first-order chi connectivity index (χ1) is 8.78. The summed E-state index contributed by atoms with van der Waals surface area (Å²) in [5.74, 6) is -0.212. The van der Waals surface area contributed by atoms with E-state index in [0.717, 1.165) is 0 Å². The minimum absolute atomic E-state index is 0.111. The SMILES string of the molecule is CC(C)(C)NCC(=O)N/N=C\c1ccc(Cl)cc1Cl. The number of halogens is 2.